The van der Waals surface area contributed by atoms with Crippen LogP contribution >= 0.6 is 0 Å². The van der Waals surface area contributed by atoms with Crippen molar-refractivity contribution >= 4 is 16.7 Å². The maximum absolute atomic E-state index is 13.4. The summed E-state index contributed by atoms with van der Waals surface area (Å²) in [6.07, 6.45) is 0. The second-order valence-corrected chi connectivity index (χ2v) is 4.20. The zero-order valence-electron chi connectivity index (χ0n) is 10.1. The van der Waals surface area contributed by atoms with Crippen LogP contribution in [0.1, 0.15) is 5.76 Å². The summed E-state index contributed by atoms with van der Waals surface area (Å²) in [6.45, 7) is 0.162. The Kier molecular flexibility index (Phi) is 2.83. The highest BCUT2D eigenvalue weighted by Gasteiger charge is 2.08. The Bertz CT molecular complexity index is 721. The van der Waals surface area contributed by atoms with Gasteiger partial charge in [0.2, 0.25) is 0 Å². The second-order valence-electron chi connectivity index (χ2n) is 4.20. The molecule has 0 spiro atoms. The molecule has 4 heteroatoms. The first kappa shape index (κ1) is 11.6. The molecular weight excluding hydrogens is 245 g/mol. The number of furan rings is 1. The zero-order valence-corrected chi connectivity index (χ0v) is 10.1. The van der Waals surface area contributed by atoms with Crippen LogP contribution in [0.25, 0.3) is 11.0 Å². The van der Waals surface area contributed by atoms with Gasteiger partial charge in [-0.3, -0.25) is 0 Å². The molecule has 3 nitrogen and oxygen atoms in total. The number of ether oxygens (including phenoxy) is 1. The summed E-state index contributed by atoms with van der Waals surface area (Å²) >= 11 is 0. The lowest BCUT2D eigenvalue weighted by molar-refractivity contribution is 0.262. The van der Waals surface area contributed by atoms with E-state index in [-0.39, 0.29) is 12.4 Å². The molecule has 0 atom stereocenters. The van der Waals surface area contributed by atoms with E-state index in [1.165, 1.54) is 6.07 Å². The number of nitrogens with two attached hydrogens (primary N) is 1. The number of benzene rings is 2. The molecule has 0 aliphatic carbocycles. The SMILES string of the molecule is Nc1cccc2cc(COc3ccccc3F)oc12. The van der Waals surface area contributed by atoms with Crippen molar-refractivity contribution in [1.29, 1.82) is 0 Å². The number of fused-ring (bicyclic) bond motifs is 1. The molecule has 0 saturated carbocycles. The van der Waals surface area contributed by atoms with E-state index in [0.29, 0.717) is 17.0 Å². The first-order valence-corrected chi connectivity index (χ1v) is 5.88. The van der Waals surface area contributed by atoms with Crippen molar-refractivity contribution in [2.24, 2.45) is 0 Å². The van der Waals surface area contributed by atoms with E-state index in [4.69, 9.17) is 14.9 Å². The van der Waals surface area contributed by atoms with Crippen LogP contribution < -0.4 is 10.5 Å². The standard InChI is InChI=1S/C15H12FNO2/c16-12-5-1-2-7-14(12)18-9-11-8-10-4-3-6-13(17)15(10)19-11/h1-8H,9,17H2. The first-order valence-electron chi connectivity index (χ1n) is 5.88. The van der Waals surface area contributed by atoms with Gasteiger partial charge in [0, 0.05) is 5.39 Å². The molecule has 3 rings (SSSR count). The average molecular weight is 257 g/mol. The minimum absolute atomic E-state index is 0.162. The monoisotopic (exact) mass is 257 g/mol. The molecule has 0 radical (unpaired) electrons. The van der Waals surface area contributed by atoms with E-state index >= 15 is 0 Å². The fraction of sp³-hybridized carbons (Fsp3) is 0.0667. The highest BCUT2D eigenvalue weighted by Crippen LogP contribution is 2.25. The van der Waals surface area contributed by atoms with Crippen molar-refractivity contribution in [3.05, 3.63) is 60.1 Å². The summed E-state index contributed by atoms with van der Waals surface area (Å²) in [4.78, 5) is 0. The molecule has 0 fully saturated rings. The summed E-state index contributed by atoms with van der Waals surface area (Å²) < 4.78 is 24.4. The highest BCUT2D eigenvalue weighted by molar-refractivity contribution is 5.88. The molecule has 0 aliphatic heterocycles. The molecule has 96 valence electrons. The number of rotatable bonds is 3. The number of nitrogen functional groups attached to an aromatic ring is 1. The van der Waals surface area contributed by atoms with Crippen LogP contribution in [0.2, 0.25) is 0 Å². The Balaban J connectivity index is 1.83. The maximum atomic E-state index is 13.4. The normalized spacial score (nSPS) is 10.8. The fourth-order valence-electron chi connectivity index (χ4n) is 1.92. The van der Waals surface area contributed by atoms with Crippen LogP contribution in [0.15, 0.2) is 52.9 Å². The lowest BCUT2D eigenvalue weighted by atomic mass is 10.2. The Morgan fingerprint density at radius 2 is 1.95 bits per heavy atom. The number of hydrogen-bond donors (Lipinski definition) is 1. The molecule has 1 aromatic heterocycles. The third-order valence-electron chi connectivity index (χ3n) is 2.83. The summed E-state index contributed by atoms with van der Waals surface area (Å²) in [5.74, 6) is 0.421. The van der Waals surface area contributed by atoms with Gasteiger partial charge in [-0.1, -0.05) is 24.3 Å². The van der Waals surface area contributed by atoms with Gasteiger partial charge in [-0.25, -0.2) is 4.39 Å². The van der Waals surface area contributed by atoms with Crippen LogP contribution in [0, 0.1) is 5.82 Å². The lowest BCUT2D eigenvalue weighted by Crippen LogP contribution is -1.95. The molecule has 0 bridgehead atoms. The first-order chi connectivity index (χ1) is 9.24. The number of halogens is 1. The summed E-state index contributed by atoms with van der Waals surface area (Å²) in [5.41, 5.74) is 7.02. The highest BCUT2D eigenvalue weighted by atomic mass is 19.1. The quantitative estimate of drug-likeness (QED) is 0.727. The van der Waals surface area contributed by atoms with Crippen molar-refractivity contribution < 1.29 is 13.5 Å². The minimum Gasteiger partial charge on any atom is -0.483 e. The molecule has 19 heavy (non-hydrogen) atoms. The maximum Gasteiger partial charge on any atom is 0.165 e. The fourth-order valence-corrected chi connectivity index (χ4v) is 1.92. The van der Waals surface area contributed by atoms with Gasteiger partial charge in [-0.2, -0.15) is 0 Å². The Morgan fingerprint density at radius 1 is 1.11 bits per heavy atom. The Morgan fingerprint density at radius 3 is 2.74 bits per heavy atom. The summed E-state index contributed by atoms with van der Waals surface area (Å²) in [6, 6.07) is 13.6. The van der Waals surface area contributed by atoms with E-state index in [0.717, 1.165) is 5.39 Å². The third-order valence-corrected chi connectivity index (χ3v) is 2.83. The van der Waals surface area contributed by atoms with Gasteiger partial charge in [0.15, 0.2) is 17.1 Å². The van der Waals surface area contributed by atoms with E-state index in [2.05, 4.69) is 0 Å². The number of anilines is 1. The second kappa shape index (κ2) is 4.65. The number of para-hydroxylation sites is 2. The molecule has 0 unspecified atom stereocenters. The van der Waals surface area contributed by atoms with Gasteiger partial charge in [-0.05, 0) is 24.3 Å². The third kappa shape index (κ3) is 2.25. The lowest BCUT2D eigenvalue weighted by Gasteiger charge is -2.04. The molecular formula is C15H12FNO2. The van der Waals surface area contributed by atoms with Crippen molar-refractivity contribution in [3.63, 3.8) is 0 Å². The van der Waals surface area contributed by atoms with Crippen molar-refractivity contribution in [1.82, 2.24) is 0 Å². The van der Waals surface area contributed by atoms with Gasteiger partial charge in [0.25, 0.3) is 0 Å². The Labute approximate surface area is 109 Å². The van der Waals surface area contributed by atoms with Crippen LogP contribution in [-0.2, 0) is 6.61 Å². The van der Waals surface area contributed by atoms with Crippen LogP contribution in [0.5, 0.6) is 5.75 Å². The predicted octanol–water partition coefficient (Wildman–Crippen LogP) is 3.73. The van der Waals surface area contributed by atoms with Crippen LogP contribution in [0.4, 0.5) is 10.1 Å². The van der Waals surface area contributed by atoms with E-state index in [9.17, 15) is 4.39 Å². The van der Waals surface area contributed by atoms with Crippen molar-refractivity contribution in [2.45, 2.75) is 6.61 Å². The average Bonchev–Trinajstić information content (AvgIpc) is 2.82. The molecule has 0 aliphatic rings. The van der Waals surface area contributed by atoms with Crippen molar-refractivity contribution in [2.75, 3.05) is 5.73 Å². The van der Waals surface area contributed by atoms with Crippen LogP contribution in [-0.4, -0.2) is 0 Å². The van der Waals surface area contributed by atoms with Gasteiger partial charge in [-0.15, -0.1) is 0 Å². The van der Waals surface area contributed by atoms with Gasteiger partial charge >= 0.3 is 0 Å². The zero-order chi connectivity index (χ0) is 13.2. The van der Waals surface area contributed by atoms with E-state index < -0.39 is 5.82 Å². The topological polar surface area (TPSA) is 48.4 Å². The van der Waals surface area contributed by atoms with E-state index in [1.54, 1.807) is 24.3 Å². The van der Waals surface area contributed by atoms with Gasteiger partial charge in [0.1, 0.15) is 12.4 Å². The molecule has 3 aromatic rings. The van der Waals surface area contributed by atoms with E-state index in [1.807, 2.05) is 18.2 Å². The predicted molar refractivity (Wildman–Crippen MR) is 71.4 cm³/mol. The molecule has 1 heterocycles. The Hall–Kier alpha value is -2.49. The number of hydrogen-bond acceptors (Lipinski definition) is 3. The van der Waals surface area contributed by atoms with Gasteiger partial charge < -0.3 is 14.9 Å². The largest absolute Gasteiger partial charge is 0.483 e. The smallest absolute Gasteiger partial charge is 0.165 e. The minimum atomic E-state index is -0.391. The summed E-state index contributed by atoms with van der Waals surface area (Å²) in [5, 5.41) is 0.909. The van der Waals surface area contributed by atoms with Crippen LogP contribution in [0.3, 0.4) is 0 Å². The van der Waals surface area contributed by atoms with Gasteiger partial charge in [0.05, 0.1) is 5.69 Å². The molecule has 0 saturated heterocycles. The molecule has 2 aromatic carbocycles. The van der Waals surface area contributed by atoms with Crippen molar-refractivity contribution in [3.8, 4) is 5.75 Å². The molecule has 0 amide bonds. The molecule has 2 N–H and O–H groups in total. The summed E-state index contributed by atoms with van der Waals surface area (Å²) in [7, 11) is 0.